The highest BCUT2D eigenvalue weighted by molar-refractivity contribution is 5.99. The molecule has 3 N–H and O–H groups in total. The topological polar surface area (TPSA) is 113 Å². The summed E-state index contributed by atoms with van der Waals surface area (Å²) in [6.07, 6.45) is 4.67. The zero-order valence-corrected chi connectivity index (χ0v) is 20.6. The maximum atomic E-state index is 12.3. The molecule has 186 valence electrons. The van der Waals surface area contributed by atoms with Crippen LogP contribution in [0.3, 0.4) is 0 Å². The molecular formula is C25H40N2O6. The Kier molecular flexibility index (Phi) is 6.68. The molecule has 8 atom stereocenters. The Balaban J connectivity index is 1.71. The van der Waals surface area contributed by atoms with Gasteiger partial charge in [-0.25, -0.2) is 0 Å². The van der Waals surface area contributed by atoms with Crippen molar-refractivity contribution in [3.05, 3.63) is 11.6 Å². The molecule has 4 aliphatic carbocycles. The number of rotatable bonds is 6. The molecule has 0 radical (unpaired) electrons. The molecule has 0 spiro atoms. The van der Waals surface area contributed by atoms with Gasteiger partial charge in [-0.3, -0.25) is 0 Å². The van der Waals surface area contributed by atoms with E-state index in [-0.39, 0.29) is 28.6 Å². The van der Waals surface area contributed by atoms with E-state index in [9.17, 15) is 15.3 Å². The first kappa shape index (κ1) is 24.6. The first-order valence-electron chi connectivity index (χ1n) is 12.2. The summed E-state index contributed by atoms with van der Waals surface area (Å²) in [4.78, 5) is 10.6. The van der Waals surface area contributed by atoms with Gasteiger partial charge in [0.25, 0.3) is 0 Å². The average Bonchev–Trinajstić information content (AvgIpc) is 3.05. The van der Waals surface area contributed by atoms with Gasteiger partial charge in [0.1, 0.15) is 13.7 Å². The summed E-state index contributed by atoms with van der Waals surface area (Å²) < 4.78 is 5.03. The van der Waals surface area contributed by atoms with Gasteiger partial charge in [0.05, 0.1) is 35.8 Å². The van der Waals surface area contributed by atoms with Crippen LogP contribution >= 0.6 is 0 Å². The zero-order valence-electron chi connectivity index (χ0n) is 20.6. The van der Waals surface area contributed by atoms with Crippen LogP contribution in [-0.4, -0.2) is 72.0 Å². The minimum atomic E-state index is -0.993. The van der Waals surface area contributed by atoms with Crippen LogP contribution in [0.25, 0.3) is 0 Å². The molecule has 0 aromatic rings. The summed E-state index contributed by atoms with van der Waals surface area (Å²) in [6.45, 7) is 7.24. The fourth-order valence-electron chi connectivity index (χ4n) is 7.59. The van der Waals surface area contributed by atoms with Crippen LogP contribution in [0.5, 0.6) is 0 Å². The molecule has 3 saturated carbocycles. The standard InChI is InChI=1S/C25H40N2O6/c1-15(26-33-11-10-31-4)16-7-9-25(30)18-12-20(27-32-5)19-13-21(28)22(29)14-23(19,2)17(18)6-8-24(16,25)3/h12,16-17,19,21-22,28-30H,6-11,13-14H2,1-5H3. The number of hydrogen-bond donors (Lipinski definition) is 3. The number of nitrogens with zero attached hydrogens (tertiary/aromatic N) is 2. The van der Waals surface area contributed by atoms with E-state index in [2.05, 4.69) is 24.2 Å². The van der Waals surface area contributed by atoms with E-state index in [1.807, 2.05) is 13.0 Å². The van der Waals surface area contributed by atoms with Crippen molar-refractivity contribution < 1.29 is 29.7 Å². The SMILES string of the molecule is COCCON=C(C)C1CCC2(O)C3=CC(=NOC)C4CC(O)C(O)CC4(C)C3CCC12C. The van der Waals surface area contributed by atoms with E-state index in [1.165, 1.54) is 7.11 Å². The molecule has 3 fully saturated rings. The number of aliphatic hydroxyl groups is 3. The van der Waals surface area contributed by atoms with E-state index < -0.39 is 17.8 Å². The van der Waals surface area contributed by atoms with E-state index in [4.69, 9.17) is 14.4 Å². The van der Waals surface area contributed by atoms with Crippen molar-refractivity contribution in [3.8, 4) is 0 Å². The van der Waals surface area contributed by atoms with Crippen LogP contribution in [0, 0.1) is 28.6 Å². The molecule has 33 heavy (non-hydrogen) atoms. The molecular weight excluding hydrogens is 424 g/mol. The fourth-order valence-corrected chi connectivity index (χ4v) is 7.59. The number of allylic oxidation sites excluding steroid dienone is 1. The van der Waals surface area contributed by atoms with Gasteiger partial charge in [-0.15, -0.1) is 0 Å². The van der Waals surface area contributed by atoms with Gasteiger partial charge in [-0.05, 0) is 68.4 Å². The maximum Gasteiger partial charge on any atom is 0.140 e. The van der Waals surface area contributed by atoms with Gasteiger partial charge in [-0.1, -0.05) is 24.2 Å². The first-order chi connectivity index (χ1) is 15.6. The minimum Gasteiger partial charge on any atom is -0.399 e. The van der Waals surface area contributed by atoms with Crippen molar-refractivity contribution in [1.82, 2.24) is 0 Å². The normalized spacial score (nSPS) is 46.3. The van der Waals surface area contributed by atoms with E-state index in [0.717, 1.165) is 36.3 Å². The van der Waals surface area contributed by atoms with Crippen molar-refractivity contribution in [2.75, 3.05) is 27.4 Å². The molecule has 0 aromatic carbocycles. The van der Waals surface area contributed by atoms with Crippen LogP contribution < -0.4 is 0 Å². The highest BCUT2D eigenvalue weighted by Crippen LogP contribution is 2.67. The second-order valence-electron chi connectivity index (χ2n) is 11.0. The van der Waals surface area contributed by atoms with Gasteiger partial charge in [0, 0.05) is 24.4 Å². The lowest BCUT2D eigenvalue weighted by Gasteiger charge is -2.60. The summed E-state index contributed by atoms with van der Waals surface area (Å²) in [5.41, 5.74) is 0.999. The lowest BCUT2D eigenvalue weighted by atomic mass is 9.46. The molecule has 0 aliphatic heterocycles. The third kappa shape index (κ3) is 3.74. The molecule has 0 saturated heterocycles. The highest BCUT2D eigenvalue weighted by atomic mass is 16.6. The Morgan fingerprint density at radius 1 is 1.09 bits per heavy atom. The van der Waals surface area contributed by atoms with Gasteiger partial charge >= 0.3 is 0 Å². The van der Waals surface area contributed by atoms with Crippen molar-refractivity contribution in [3.63, 3.8) is 0 Å². The second-order valence-corrected chi connectivity index (χ2v) is 11.0. The Morgan fingerprint density at radius 3 is 2.55 bits per heavy atom. The number of fused-ring (bicyclic) bond motifs is 5. The summed E-state index contributed by atoms with van der Waals surface area (Å²) in [6, 6.07) is 0. The maximum absolute atomic E-state index is 12.3. The van der Waals surface area contributed by atoms with Crippen LogP contribution in [0.15, 0.2) is 22.0 Å². The van der Waals surface area contributed by atoms with Crippen molar-refractivity contribution in [2.45, 2.75) is 77.1 Å². The highest BCUT2D eigenvalue weighted by Gasteiger charge is 2.66. The Hall–Kier alpha value is -1.48. The first-order valence-corrected chi connectivity index (χ1v) is 12.2. The summed E-state index contributed by atoms with van der Waals surface area (Å²) >= 11 is 0. The molecule has 4 rings (SSSR count). The monoisotopic (exact) mass is 464 g/mol. The molecule has 4 aliphatic rings. The second kappa shape index (κ2) is 8.95. The Morgan fingerprint density at radius 2 is 1.85 bits per heavy atom. The van der Waals surface area contributed by atoms with Crippen LogP contribution in [0.4, 0.5) is 0 Å². The molecule has 0 aromatic heterocycles. The Bertz CT molecular complexity index is 843. The molecule has 0 heterocycles. The third-order valence-corrected chi connectivity index (χ3v) is 9.43. The zero-order chi connectivity index (χ0) is 24.0. The third-order valence-electron chi connectivity index (χ3n) is 9.43. The van der Waals surface area contributed by atoms with Crippen LogP contribution in [0.1, 0.15) is 59.3 Å². The van der Waals surface area contributed by atoms with E-state index >= 15 is 0 Å². The quantitative estimate of drug-likeness (QED) is 0.316. The lowest BCUT2D eigenvalue weighted by Crippen LogP contribution is -2.61. The van der Waals surface area contributed by atoms with Crippen molar-refractivity contribution in [2.24, 2.45) is 38.9 Å². The number of aliphatic hydroxyl groups excluding tert-OH is 2. The predicted molar refractivity (Wildman–Crippen MR) is 125 cm³/mol. The number of methoxy groups -OCH3 is 1. The van der Waals surface area contributed by atoms with Gasteiger partial charge in [-0.2, -0.15) is 0 Å². The minimum absolute atomic E-state index is 0.0211. The molecule has 0 amide bonds. The van der Waals surface area contributed by atoms with Crippen LogP contribution in [0.2, 0.25) is 0 Å². The number of ether oxygens (including phenoxy) is 1. The van der Waals surface area contributed by atoms with E-state index in [1.54, 1.807) is 7.11 Å². The predicted octanol–water partition coefficient (Wildman–Crippen LogP) is 2.66. The van der Waals surface area contributed by atoms with E-state index in [0.29, 0.717) is 32.5 Å². The van der Waals surface area contributed by atoms with Gasteiger partial charge in [0.2, 0.25) is 0 Å². The molecule has 0 bridgehead atoms. The van der Waals surface area contributed by atoms with Crippen molar-refractivity contribution >= 4 is 11.4 Å². The number of hydrogen-bond acceptors (Lipinski definition) is 8. The summed E-state index contributed by atoms with van der Waals surface area (Å²) in [5.74, 6) is 0.207. The van der Waals surface area contributed by atoms with Crippen molar-refractivity contribution in [1.29, 1.82) is 0 Å². The lowest BCUT2D eigenvalue weighted by molar-refractivity contribution is -0.116. The fraction of sp³-hybridized carbons (Fsp3) is 0.840. The number of oxime groups is 2. The molecule has 8 unspecified atom stereocenters. The van der Waals surface area contributed by atoms with Gasteiger partial charge < -0.3 is 29.7 Å². The summed E-state index contributed by atoms with van der Waals surface area (Å²) in [5, 5.41) is 42.0. The smallest absolute Gasteiger partial charge is 0.140 e. The summed E-state index contributed by atoms with van der Waals surface area (Å²) in [7, 11) is 3.16. The van der Waals surface area contributed by atoms with Crippen LogP contribution in [-0.2, 0) is 14.4 Å². The Labute approximate surface area is 196 Å². The molecule has 8 nitrogen and oxygen atoms in total. The van der Waals surface area contributed by atoms with Gasteiger partial charge in [0.15, 0.2) is 0 Å². The molecule has 8 heteroatoms. The largest absolute Gasteiger partial charge is 0.399 e. The average molecular weight is 465 g/mol.